The molecule has 48 heavy (non-hydrogen) atoms. The van der Waals surface area contributed by atoms with E-state index in [9.17, 15) is 9.59 Å². The van der Waals surface area contributed by atoms with Gasteiger partial charge in [-0.1, -0.05) is 6.42 Å². The van der Waals surface area contributed by atoms with Gasteiger partial charge in [0, 0.05) is 64.5 Å². The van der Waals surface area contributed by atoms with Crippen LogP contribution in [0, 0.1) is 23.7 Å². The summed E-state index contributed by atoms with van der Waals surface area (Å²) in [5, 5.41) is 6.83. The number of carbonyl (C=O) groups is 2. The number of ether oxygens (including phenoxy) is 2. The van der Waals surface area contributed by atoms with Crippen LogP contribution in [0.5, 0.6) is 0 Å². The highest BCUT2D eigenvalue weighted by Crippen LogP contribution is 2.47. The van der Waals surface area contributed by atoms with Crippen LogP contribution in [0.1, 0.15) is 99.3 Å². The molecular weight excluding hydrogens is 608 g/mol. The van der Waals surface area contributed by atoms with Crippen LogP contribution in [-0.4, -0.2) is 102 Å². The summed E-state index contributed by atoms with van der Waals surface area (Å²) in [6, 6.07) is 2.09. The molecule has 2 heterocycles. The third-order valence-electron chi connectivity index (χ3n) is 10.4. The first-order chi connectivity index (χ1) is 22.7. The maximum atomic E-state index is 13.4. The summed E-state index contributed by atoms with van der Waals surface area (Å²) in [6.07, 6.45) is 9.20. The zero-order chi connectivity index (χ0) is 34.5. The molecule has 2 bridgehead atoms. The number of rotatable bonds is 11. The lowest BCUT2D eigenvalue weighted by molar-refractivity contribution is 0.00711. The van der Waals surface area contributed by atoms with E-state index in [2.05, 4.69) is 20.5 Å². The van der Waals surface area contributed by atoms with Crippen LogP contribution in [-0.2, 0) is 9.47 Å². The van der Waals surface area contributed by atoms with Crippen LogP contribution in [0.25, 0.3) is 0 Å². The summed E-state index contributed by atoms with van der Waals surface area (Å²) < 4.78 is 11.7. The standard InChI is InChI=1S/C36H62N8O4/c1-35(2,3)47-33(45)43(16-7-17-44(34(46)48-36(4,5)6)29-21-27-12-13-28(29)20-27)24-26-10-8-25(9-11-26)23-39-32-40-30(37)22-31(41-32)42-18-14-38-15-19-42/h22,25-29,38H,7-21,23-24H2,1-6H3,(H3,37,39,40,41)/t25?,26?,27-,28+,29+/m1/s1. The van der Waals surface area contributed by atoms with E-state index in [4.69, 9.17) is 20.2 Å². The number of nitrogens with two attached hydrogens (primary N) is 1. The molecule has 0 radical (unpaired) electrons. The molecule has 2 amide bonds. The summed E-state index contributed by atoms with van der Waals surface area (Å²) in [5.41, 5.74) is 5.02. The zero-order valence-electron chi connectivity index (χ0n) is 30.4. The van der Waals surface area contributed by atoms with Crippen molar-refractivity contribution in [1.82, 2.24) is 25.1 Å². The maximum absolute atomic E-state index is 13.4. The Labute approximate surface area is 288 Å². The fourth-order valence-electron chi connectivity index (χ4n) is 8.07. The van der Waals surface area contributed by atoms with Crippen LogP contribution in [0.3, 0.4) is 0 Å². The normalized spacial score (nSPS) is 25.9. The summed E-state index contributed by atoms with van der Waals surface area (Å²) >= 11 is 0. The first kappa shape index (κ1) is 36.3. The lowest BCUT2D eigenvalue weighted by Gasteiger charge is -2.37. The minimum atomic E-state index is -0.571. The average molecular weight is 671 g/mol. The molecule has 5 rings (SSSR count). The summed E-state index contributed by atoms with van der Waals surface area (Å²) in [5.74, 6) is 4.15. The van der Waals surface area contributed by atoms with Gasteiger partial charge in [-0.15, -0.1) is 0 Å². The zero-order valence-corrected chi connectivity index (χ0v) is 30.4. The number of hydrogen-bond acceptors (Lipinski definition) is 10. The Hall–Kier alpha value is -3.02. The predicted octanol–water partition coefficient (Wildman–Crippen LogP) is 5.74. The van der Waals surface area contributed by atoms with Crippen LogP contribution in [0.2, 0.25) is 0 Å². The Morgan fingerprint density at radius 3 is 2.21 bits per heavy atom. The third kappa shape index (κ3) is 10.5. The van der Waals surface area contributed by atoms with E-state index < -0.39 is 11.2 Å². The van der Waals surface area contributed by atoms with Gasteiger partial charge in [-0.25, -0.2) is 9.59 Å². The van der Waals surface area contributed by atoms with Crippen LogP contribution < -0.4 is 21.3 Å². The summed E-state index contributed by atoms with van der Waals surface area (Å²) in [4.78, 5) is 42.1. The van der Waals surface area contributed by atoms with E-state index in [0.717, 1.165) is 76.6 Å². The van der Waals surface area contributed by atoms with E-state index in [0.29, 0.717) is 55.6 Å². The molecule has 1 aromatic rings. The van der Waals surface area contributed by atoms with E-state index in [1.54, 1.807) is 0 Å². The van der Waals surface area contributed by atoms with Gasteiger partial charge in [0.05, 0.1) is 0 Å². The number of hydrogen-bond donors (Lipinski definition) is 3. The number of carbonyl (C=O) groups excluding carboxylic acids is 2. The fraction of sp³-hybridized carbons (Fsp3) is 0.833. The molecule has 4 aliphatic rings. The van der Waals surface area contributed by atoms with Gasteiger partial charge in [0.25, 0.3) is 0 Å². The van der Waals surface area contributed by atoms with Gasteiger partial charge in [0.1, 0.15) is 22.8 Å². The molecule has 3 atom stereocenters. The molecule has 12 nitrogen and oxygen atoms in total. The minimum Gasteiger partial charge on any atom is -0.444 e. The van der Waals surface area contributed by atoms with Crippen molar-refractivity contribution in [3.63, 3.8) is 0 Å². The molecule has 4 N–H and O–H groups in total. The quantitative estimate of drug-likeness (QED) is 0.267. The fourth-order valence-corrected chi connectivity index (χ4v) is 8.07. The van der Waals surface area contributed by atoms with Crippen molar-refractivity contribution in [2.75, 3.05) is 68.3 Å². The van der Waals surface area contributed by atoms with E-state index in [-0.39, 0.29) is 18.2 Å². The SMILES string of the molecule is CC(C)(C)OC(=O)N(CCCN(C(=O)OC(C)(C)C)[C@H]1C[C@@H]2CC[C@H]1C2)CC1CCC(CNc2nc(N)cc(N3CCNCC3)n2)CC1. The van der Waals surface area contributed by atoms with Crippen LogP contribution in [0.15, 0.2) is 6.07 Å². The second-order valence-electron chi connectivity index (χ2n) is 16.7. The Morgan fingerprint density at radius 2 is 1.58 bits per heavy atom. The van der Waals surface area contributed by atoms with Gasteiger partial charge in [-0.3, -0.25) is 0 Å². The summed E-state index contributed by atoms with van der Waals surface area (Å²) in [6.45, 7) is 17.8. The van der Waals surface area contributed by atoms with Crippen LogP contribution in [0.4, 0.5) is 27.2 Å². The van der Waals surface area contributed by atoms with E-state index in [1.165, 1.54) is 19.3 Å². The number of nitrogens with zero attached hydrogens (tertiary/aromatic N) is 5. The molecule has 3 aliphatic carbocycles. The molecule has 270 valence electrons. The molecule has 1 saturated heterocycles. The number of aromatic nitrogens is 2. The van der Waals surface area contributed by atoms with Gasteiger partial charge in [0.15, 0.2) is 0 Å². The monoisotopic (exact) mass is 670 g/mol. The molecule has 0 unspecified atom stereocenters. The van der Waals surface area contributed by atoms with Crippen molar-refractivity contribution >= 4 is 29.8 Å². The highest BCUT2D eigenvalue weighted by molar-refractivity contribution is 5.69. The smallest absolute Gasteiger partial charge is 0.410 e. The number of nitrogens with one attached hydrogen (secondary N) is 2. The Morgan fingerprint density at radius 1 is 0.917 bits per heavy atom. The number of amides is 2. The second-order valence-corrected chi connectivity index (χ2v) is 16.7. The van der Waals surface area contributed by atoms with E-state index >= 15 is 0 Å². The Kier molecular flexibility index (Phi) is 11.8. The number of anilines is 3. The largest absolute Gasteiger partial charge is 0.444 e. The first-order valence-electron chi connectivity index (χ1n) is 18.5. The van der Waals surface area contributed by atoms with Crippen molar-refractivity contribution in [1.29, 1.82) is 0 Å². The van der Waals surface area contributed by atoms with Crippen molar-refractivity contribution < 1.29 is 19.1 Å². The lowest BCUT2D eigenvalue weighted by atomic mass is 9.81. The average Bonchev–Trinajstić information content (AvgIpc) is 3.65. The Balaban J connectivity index is 1.13. The van der Waals surface area contributed by atoms with Gasteiger partial charge in [0.2, 0.25) is 5.95 Å². The van der Waals surface area contributed by atoms with Gasteiger partial charge in [-0.05, 0) is 117 Å². The molecule has 0 spiro atoms. The maximum Gasteiger partial charge on any atom is 0.410 e. The first-order valence-corrected chi connectivity index (χ1v) is 18.5. The minimum absolute atomic E-state index is 0.223. The predicted molar refractivity (Wildman–Crippen MR) is 190 cm³/mol. The van der Waals surface area contributed by atoms with Gasteiger partial charge < -0.3 is 40.5 Å². The molecule has 0 aromatic carbocycles. The molecule has 1 aromatic heterocycles. The highest BCUT2D eigenvalue weighted by Gasteiger charge is 2.44. The molecular formula is C36H62N8O4. The van der Waals surface area contributed by atoms with Crippen molar-refractivity contribution in [2.45, 2.75) is 117 Å². The van der Waals surface area contributed by atoms with Gasteiger partial charge >= 0.3 is 12.2 Å². The number of piperazine rings is 1. The van der Waals surface area contributed by atoms with Crippen molar-refractivity contribution in [2.24, 2.45) is 23.7 Å². The number of nitrogen functional groups attached to an aromatic ring is 1. The Bertz CT molecular complexity index is 1220. The molecule has 3 saturated carbocycles. The molecule has 1 aliphatic heterocycles. The van der Waals surface area contributed by atoms with Crippen molar-refractivity contribution in [3.8, 4) is 0 Å². The van der Waals surface area contributed by atoms with E-state index in [1.807, 2.05) is 57.4 Å². The third-order valence-corrected chi connectivity index (χ3v) is 10.4. The summed E-state index contributed by atoms with van der Waals surface area (Å²) in [7, 11) is 0. The number of fused-ring (bicyclic) bond motifs is 2. The van der Waals surface area contributed by atoms with Crippen LogP contribution >= 0.6 is 0 Å². The highest BCUT2D eigenvalue weighted by atomic mass is 16.6. The molecule has 12 heteroatoms. The molecule has 4 fully saturated rings. The van der Waals surface area contributed by atoms with Gasteiger partial charge in [-0.2, -0.15) is 9.97 Å². The van der Waals surface area contributed by atoms with Crippen molar-refractivity contribution in [3.05, 3.63) is 6.07 Å². The lowest BCUT2D eigenvalue weighted by Crippen LogP contribution is -2.47. The topological polar surface area (TPSA) is 138 Å². The second kappa shape index (κ2) is 15.7.